The molecule has 3 atom stereocenters. The van der Waals surface area contributed by atoms with Gasteiger partial charge in [0.15, 0.2) is 0 Å². The molecular weight excluding hydrogens is 474 g/mol. The number of amides is 1. The van der Waals surface area contributed by atoms with Gasteiger partial charge in [-0.15, -0.1) is 11.6 Å². The van der Waals surface area contributed by atoms with Crippen molar-refractivity contribution in [2.24, 2.45) is 5.92 Å². The lowest BCUT2D eigenvalue weighted by atomic mass is 10.0. The summed E-state index contributed by atoms with van der Waals surface area (Å²) in [7, 11) is 0. The van der Waals surface area contributed by atoms with Crippen LogP contribution in [0.15, 0.2) is 36.7 Å². The van der Waals surface area contributed by atoms with Gasteiger partial charge in [0.1, 0.15) is 23.0 Å². The van der Waals surface area contributed by atoms with E-state index in [1.165, 1.54) is 32.1 Å². The van der Waals surface area contributed by atoms with Crippen molar-refractivity contribution >= 4 is 23.5 Å². The van der Waals surface area contributed by atoms with Gasteiger partial charge in [0, 0.05) is 30.9 Å². The van der Waals surface area contributed by atoms with Crippen LogP contribution < -0.4 is 4.74 Å². The molecule has 7 heteroatoms. The van der Waals surface area contributed by atoms with Gasteiger partial charge < -0.3 is 9.64 Å². The molecule has 2 heterocycles. The number of alkyl halides is 1. The maximum Gasteiger partial charge on any atom is 0.334 e. The van der Waals surface area contributed by atoms with Crippen molar-refractivity contribution in [3.63, 3.8) is 0 Å². The summed E-state index contributed by atoms with van der Waals surface area (Å²) < 4.78 is 5.63. The maximum absolute atomic E-state index is 12.9. The number of aryl methyl sites for hydroxylation is 1. The van der Waals surface area contributed by atoms with Crippen molar-refractivity contribution in [2.75, 3.05) is 6.54 Å². The molecule has 196 valence electrons. The first-order chi connectivity index (χ1) is 17.4. The van der Waals surface area contributed by atoms with Gasteiger partial charge in [-0.25, -0.2) is 14.8 Å². The molecule has 1 aromatic carbocycles. The summed E-state index contributed by atoms with van der Waals surface area (Å²) in [6.45, 7) is 6.72. The van der Waals surface area contributed by atoms with E-state index in [9.17, 15) is 9.59 Å². The van der Waals surface area contributed by atoms with Crippen LogP contribution in [0.4, 0.5) is 0 Å². The van der Waals surface area contributed by atoms with Gasteiger partial charge in [-0.05, 0) is 42.9 Å². The highest BCUT2D eigenvalue weighted by Crippen LogP contribution is 2.26. The number of esters is 1. The number of nitrogens with zero attached hydrogens (tertiary/aromatic N) is 3. The number of hydrogen-bond acceptors (Lipinski definition) is 5. The molecule has 6 nitrogen and oxygen atoms in total. The SMILES string of the molecule is CCCCCCCCc1ncc(-c2ccc(OC(=O)[C@@H]3CCCN3C(=O)[C@@H](Cl)[C@@H](C)CC)cc2)cn1. The molecule has 0 aliphatic carbocycles. The predicted molar refractivity (Wildman–Crippen MR) is 144 cm³/mol. The molecule has 0 radical (unpaired) electrons. The van der Waals surface area contributed by atoms with E-state index in [1.807, 2.05) is 38.4 Å². The van der Waals surface area contributed by atoms with Crippen LogP contribution in [0.3, 0.4) is 0 Å². The lowest BCUT2D eigenvalue weighted by Crippen LogP contribution is -2.46. The zero-order valence-corrected chi connectivity index (χ0v) is 22.7. The van der Waals surface area contributed by atoms with Gasteiger partial charge in [-0.3, -0.25) is 4.79 Å². The molecular formula is C29H40ClN3O3. The molecule has 1 aliphatic heterocycles. The van der Waals surface area contributed by atoms with Crippen LogP contribution >= 0.6 is 11.6 Å². The fourth-order valence-corrected chi connectivity index (χ4v) is 4.78. The minimum atomic E-state index is -0.623. The molecule has 0 saturated carbocycles. The molecule has 2 aromatic rings. The van der Waals surface area contributed by atoms with Gasteiger partial charge in [-0.1, -0.05) is 71.4 Å². The Morgan fingerprint density at radius 3 is 2.36 bits per heavy atom. The molecule has 1 amide bonds. The Morgan fingerprint density at radius 2 is 1.69 bits per heavy atom. The molecule has 0 unspecified atom stereocenters. The van der Waals surface area contributed by atoms with Crippen molar-refractivity contribution in [3.05, 3.63) is 42.5 Å². The third-order valence-electron chi connectivity index (χ3n) is 7.05. The monoisotopic (exact) mass is 513 g/mol. The van der Waals surface area contributed by atoms with Crippen LogP contribution in [0.5, 0.6) is 5.75 Å². The second-order valence-electron chi connectivity index (χ2n) is 9.83. The number of benzene rings is 1. The summed E-state index contributed by atoms with van der Waals surface area (Å²) in [5.74, 6) is 0.790. The van der Waals surface area contributed by atoms with Crippen LogP contribution in [0.1, 0.15) is 84.4 Å². The summed E-state index contributed by atoms with van der Waals surface area (Å²) >= 11 is 6.37. The zero-order chi connectivity index (χ0) is 25.9. The molecule has 36 heavy (non-hydrogen) atoms. The van der Waals surface area contributed by atoms with Crippen LogP contribution in [0, 0.1) is 5.92 Å². The van der Waals surface area contributed by atoms with Gasteiger partial charge >= 0.3 is 5.97 Å². The summed E-state index contributed by atoms with van der Waals surface area (Å²) in [4.78, 5) is 36.3. The lowest BCUT2D eigenvalue weighted by Gasteiger charge is -2.27. The van der Waals surface area contributed by atoms with E-state index in [0.29, 0.717) is 18.7 Å². The average Bonchev–Trinajstić information content (AvgIpc) is 3.40. The number of likely N-dealkylation sites (tertiary alicyclic amines) is 1. The Kier molecular flexibility index (Phi) is 11.2. The third kappa shape index (κ3) is 7.76. The molecule has 1 saturated heterocycles. The number of aromatic nitrogens is 2. The topological polar surface area (TPSA) is 72.4 Å². The van der Waals surface area contributed by atoms with E-state index >= 15 is 0 Å². The number of rotatable bonds is 13. The third-order valence-corrected chi connectivity index (χ3v) is 7.67. The highest BCUT2D eigenvalue weighted by atomic mass is 35.5. The number of carbonyl (C=O) groups is 2. The van der Waals surface area contributed by atoms with Gasteiger partial charge in [-0.2, -0.15) is 0 Å². The zero-order valence-electron chi connectivity index (χ0n) is 21.9. The van der Waals surface area contributed by atoms with E-state index in [0.717, 1.165) is 42.6 Å². The summed E-state index contributed by atoms with van der Waals surface area (Å²) in [6.07, 6.45) is 14.3. The number of hydrogen-bond donors (Lipinski definition) is 0. The van der Waals surface area contributed by atoms with Crippen LogP contribution in [0.25, 0.3) is 11.1 Å². The van der Waals surface area contributed by atoms with E-state index in [1.54, 1.807) is 17.0 Å². The normalized spacial score (nSPS) is 17.1. The first kappa shape index (κ1) is 28.1. The molecule has 1 aliphatic rings. The number of carbonyl (C=O) groups excluding carboxylic acids is 2. The van der Waals surface area contributed by atoms with Gasteiger partial charge in [0.2, 0.25) is 5.91 Å². The van der Waals surface area contributed by atoms with Gasteiger partial charge in [0.05, 0.1) is 0 Å². The van der Waals surface area contributed by atoms with Crippen molar-refractivity contribution in [1.29, 1.82) is 0 Å². The second-order valence-corrected chi connectivity index (χ2v) is 10.3. The van der Waals surface area contributed by atoms with Crippen LogP contribution in [-0.2, 0) is 16.0 Å². The quantitative estimate of drug-likeness (QED) is 0.131. The van der Waals surface area contributed by atoms with Crippen LogP contribution in [-0.4, -0.2) is 44.7 Å². The number of ether oxygens (including phenoxy) is 1. The molecule has 1 fully saturated rings. The minimum Gasteiger partial charge on any atom is -0.425 e. The predicted octanol–water partition coefficient (Wildman–Crippen LogP) is 6.60. The highest BCUT2D eigenvalue weighted by Gasteiger charge is 2.38. The summed E-state index contributed by atoms with van der Waals surface area (Å²) in [5.41, 5.74) is 1.88. The standard InChI is InChI=1S/C29H40ClN3O3/c1-4-6-7-8-9-10-13-26-31-19-23(20-32-26)22-14-16-24(17-15-22)36-29(35)25-12-11-18-33(25)28(34)27(30)21(3)5-2/h14-17,19-21,25,27H,4-13,18H2,1-3H3/t21-,25-,27-/m0/s1. The van der Waals surface area contributed by atoms with Crippen LogP contribution in [0.2, 0.25) is 0 Å². The first-order valence-electron chi connectivity index (χ1n) is 13.5. The van der Waals surface area contributed by atoms with Crippen molar-refractivity contribution < 1.29 is 14.3 Å². The molecule has 0 N–H and O–H groups in total. The number of halogens is 1. The smallest absolute Gasteiger partial charge is 0.334 e. The highest BCUT2D eigenvalue weighted by molar-refractivity contribution is 6.31. The molecule has 0 bridgehead atoms. The van der Waals surface area contributed by atoms with Crippen molar-refractivity contribution in [2.45, 2.75) is 96.4 Å². The van der Waals surface area contributed by atoms with E-state index in [4.69, 9.17) is 16.3 Å². The van der Waals surface area contributed by atoms with E-state index in [-0.39, 0.29) is 11.8 Å². The minimum absolute atomic E-state index is 0.0533. The van der Waals surface area contributed by atoms with Crippen molar-refractivity contribution in [3.8, 4) is 16.9 Å². The Bertz CT molecular complexity index is 965. The maximum atomic E-state index is 12.9. The fourth-order valence-electron chi connectivity index (χ4n) is 4.48. The van der Waals surface area contributed by atoms with E-state index < -0.39 is 17.4 Å². The second kappa shape index (κ2) is 14.3. The molecule has 3 rings (SSSR count). The average molecular weight is 514 g/mol. The molecule has 1 aromatic heterocycles. The lowest BCUT2D eigenvalue weighted by molar-refractivity contribution is -0.146. The molecule has 0 spiro atoms. The van der Waals surface area contributed by atoms with Crippen molar-refractivity contribution in [1.82, 2.24) is 14.9 Å². The first-order valence-corrected chi connectivity index (χ1v) is 14.0. The number of unbranched alkanes of at least 4 members (excludes halogenated alkanes) is 5. The van der Waals surface area contributed by atoms with Gasteiger partial charge in [0.25, 0.3) is 0 Å². The fraction of sp³-hybridized carbons (Fsp3) is 0.586. The Morgan fingerprint density at radius 1 is 1.03 bits per heavy atom. The Balaban J connectivity index is 1.52. The Labute approximate surface area is 220 Å². The summed E-state index contributed by atoms with van der Waals surface area (Å²) in [5, 5.41) is -0.623. The largest absolute Gasteiger partial charge is 0.425 e. The van der Waals surface area contributed by atoms with E-state index in [2.05, 4.69) is 16.9 Å². The Hall–Kier alpha value is -2.47. The summed E-state index contributed by atoms with van der Waals surface area (Å²) in [6, 6.07) is 6.73.